The van der Waals surface area contributed by atoms with E-state index in [1.165, 1.54) is 18.2 Å². The number of nitrogens with one attached hydrogen (secondary N) is 1. The quantitative estimate of drug-likeness (QED) is 0.871. The summed E-state index contributed by atoms with van der Waals surface area (Å²) in [4.78, 5) is 27.6. The van der Waals surface area contributed by atoms with Crippen LogP contribution in [0.5, 0.6) is 0 Å². The molecule has 3 rings (SSSR count). The Balaban J connectivity index is 1.82. The van der Waals surface area contributed by atoms with Crippen LogP contribution in [0.25, 0.3) is 0 Å². The molecule has 0 spiro atoms. The van der Waals surface area contributed by atoms with E-state index in [0.29, 0.717) is 16.3 Å². The van der Waals surface area contributed by atoms with Crippen molar-refractivity contribution in [3.8, 4) is 0 Å². The van der Waals surface area contributed by atoms with E-state index in [1.807, 2.05) is 19.1 Å². The van der Waals surface area contributed by atoms with Crippen LogP contribution >= 0.6 is 11.8 Å². The van der Waals surface area contributed by atoms with Crippen molar-refractivity contribution in [2.24, 2.45) is 5.41 Å². The summed E-state index contributed by atoms with van der Waals surface area (Å²) in [6, 6.07) is 3.77. The van der Waals surface area contributed by atoms with Crippen molar-refractivity contribution in [2.45, 2.75) is 49.8 Å². The minimum Gasteiger partial charge on any atom is -0.382 e. The zero-order valence-electron chi connectivity index (χ0n) is 15.0. The predicted octanol–water partition coefficient (Wildman–Crippen LogP) is 3.22. The first-order valence-corrected chi connectivity index (χ1v) is 9.48. The number of nitrogens with zero attached hydrogens (tertiary/aromatic N) is 3. The van der Waals surface area contributed by atoms with Gasteiger partial charge in [-0.05, 0) is 37.3 Å². The molecule has 2 aromatic heterocycles. The molecule has 0 saturated carbocycles. The third-order valence-corrected chi connectivity index (χ3v) is 6.43. The Labute approximate surface area is 152 Å². The summed E-state index contributed by atoms with van der Waals surface area (Å²) in [5.74, 6) is 0.851. The van der Waals surface area contributed by atoms with Gasteiger partial charge in [0.25, 0.3) is 5.56 Å². The van der Waals surface area contributed by atoms with Crippen LogP contribution in [0.1, 0.15) is 38.8 Å². The number of aryl methyl sites for hydroxylation is 1. The third-order valence-electron chi connectivity index (χ3n) is 5.18. The Hall–Kier alpha value is -2.02. The molecule has 0 aliphatic carbocycles. The van der Waals surface area contributed by atoms with Crippen LogP contribution in [0, 0.1) is 12.3 Å². The number of piperidine rings is 1. The molecule has 0 bridgehead atoms. The van der Waals surface area contributed by atoms with Crippen LogP contribution in [0.2, 0.25) is 0 Å². The zero-order valence-corrected chi connectivity index (χ0v) is 15.8. The van der Waals surface area contributed by atoms with E-state index in [9.17, 15) is 4.79 Å². The highest BCUT2D eigenvalue weighted by Crippen LogP contribution is 2.35. The minimum absolute atomic E-state index is 0.195. The minimum atomic E-state index is -0.195. The number of rotatable bonds is 4. The molecule has 0 atom stereocenters. The Morgan fingerprint density at radius 1 is 1.40 bits per heavy atom. The Bertz CT molecular complexity index is 811. The molecular weight excluding hydrogens is 334 g/mol. The maximum atomic E-state index is 12.6. The van der Waals surface area contributed by atoms with Gasteiger partial charge in [0.15, 0.2) is 0 Å². The van der Waals surface area contributed by atoms with Crippen LogP contribution in [0.15, 0.2) is 32.9 Å². The van der Waals surface area contributed by atoms with Crippen LogP contribution in [0.4, 0.5) is 11.8 Å². The molecule has 1 aliphatic rings. The molecule has 7 heteroatoms. The maximum absolute atomic E-state index is 12.6. The molecule has 0 unspecified atom stereocenters. The van der Waals surface area contributed by atoms with Gasteiger partial charge in [0.2, 0.25) is 5.95 Å². The second-order valence-corrected chi connectivity index (χ2v) is 8.00. The fourth-order valence-corrected chi connectivity index (χ4v) is 3.88. The average molecular weight is 359 g/mol. The van der Waals surface area contributed by atoms with E-state index >= 15 is 0 Å². The first kappa shape index (κ1) is 17.8. The predicted molar refractivity (Wildman–Crippen MR) is 102 cm³/mol. The number of H-pyrrole nitrogens is 1. The Kier molecular flexibility index (Phi) is 5.03. The molecule has 3 heterocycles. The molecular formula is C18H25N5OS. The monoisotopic (exact) mass is 359 g/mol. The van der Waals surface area contributed by atoms with Crippen molar-refractivity contribution in [3.05, 3.63) is 34.4 Å². The standard InChI is InChI=1S/C18H25N5OS/c1-4-18(3)7-10-23(11-8-18)17-21-15(19)14(16(24)22-17)25-13-6-5-9-20-12(13)2/h5-6,9H,4,7-8,10-11H2,1-3H3,(H3,19,21,22,24). The fourth-order valence-electron chi connectivity index (χ4n) is 3.02. The summed E-state index contributed by atoms with van der Waals surface area (Å²) >= 11 is 1.31. The summed E-state index contributed by atoms with van der Waals surface area (Å²) < 4.78 is 0. The number of hydrogen-bond donors (Lipinski definition) is 2. The molecule has 2 aromatic rings. The summed E-state index contributed by atoms with van der Waals surface area (Å²) in [5.41, 5.74) is 7.16. The van der Waals surface area contributed by atoms with Crippen LogP contribution in [-0.4, -0.2) is 28.0 Å². The lowest BCUT2D eigenvalue weighted by molar-refractivity contribution is 0.237. The lowest BCUT2D eigenvalue weighted by atomic mass is 9.78. The maximum Gasteiger partial charge on any atom is 0.268 e. The second kappa shape index (κ2) is 7.07. The van der Waals surface area contributed by atoms with Crippen molar-refractivity contribution < 1.29 is 0 Å². The average Bonchev–Trinajstić information content (AvgIpc) is 2.60. The van der Waals surface area contributed by atoms with Crippen LogP contribution in [0.3, 0.4) is 0 Å². The summed E-state index contributed by atoms with van der Waals surface area (Å²) in [5, 5.41) is 0. The Morgan fingerprint density at radius 3 is 2.72 bits per heavy atom. The van der Waals surface area contributed by atoms with E-state index in [-0.39, 0.29) is 11.4 Å². The highest BCUT2D eigenvalue weighted by molar-refractivity contribution is 7.99. The van der Waals surface area contributed by atoms with E-state index < -0.39 is 0 Å². The van der Waals surface area contributed by atoms with Gasteiger partial charge in [-0.25, -0.2) is 0 Å². The number of hydrogen-bond acceptors (Lipinski definition) is 6. The summed E-state index contributed by atoms with van der Waals surface area (Å²) in [7, 11) is 0. The summed E-state index contributed by atoms with van der Waals surface area (Å²) in [6.45, 7) is 8.25. The Morgan fingerprint density at radius 2 is 2.12 bits per heavy atom. The molecule has 25 heavy (non-hydrogen) atoms. The number of anilines is 2. The summed E-state index contributed by atoms with van der Waals surface area (Å²) in [6.07, 6.45) is 5.10. The van der Waals surface area contributed by atoms with Gasteiger partial charge >= 0.3 is 0 Å². The lowest BCUT2D eigenvalue weighted by Crippen LogP contribution is -2.40. The molecule has 0 aromatic carbocycles. The lowest BCUT2D eigenvalue weighted by Gasteiger charge is -2.39. The van der Waals surface area contributed by atoms with Crippen molar-refractivity contribution in [3.63, 3.8) is 0 Å². The van der Waals surface area contributed by atoms with Crippen molar-refractivity contribution in [1.29, 1.82) is 0 Å². The third kappa shape index (κ3) is 3.81. The van der Waals surface area contributed by atoms with Gasteiger partial charge in [-0.15, -0.1) is 0 Å². The molecule has 3 N–H and O–H groups in total. The number of nitrogen functional groups attached to an aromatic ring is 1. The largest absolute Gasteiger partial charge is 0.382 e. The van der Waals surface area contributed by atoms with Gasteiger partial charge in [-0.1, -0.05) is 32.0 Å². The first-order chi connectivity index (χ1) is 11.9. The van der Waals surface area contributed by atoms with Gasteiger partial charge in [-0.2, -0.15) is 4.98 Å². The molecule has 134 valence electrons. The van der Waals surface area contributed by atoms with E-state index in [2.05, 4.69) is 33.7 Å². The van der Waals surface area contributed by atoms with Crippen molar-refractivity contribution in [1.82, 2.24) is 15.0 Å². The highest BCUT2D eigenvalue weighted by atomic mass is 32.2. The molecule has 1 fully saturated rings. The zero-order chi connectivity index (χ0) is 18.0. The number of aromatic nitrogens is 3. The molecule has 6 nitrogen and oxygen atoms in total. The van der Waals surface area contributed by atoms with E-state index in [1.54, 1.807) is 6.20 Å². The van der Waals surface area contributed by atoms with E-state index in [4.69, 9.17) is 5.73 Å². The van der Waals surface area contributed by atoms with Gasteiger partial charge in [0, 0.05) is 24.2 Å². The highest BCUT2D eigenvalue weighted by Gasteiger charge is 2.29. The molecule has 1 saturated heterocycles. The fraction of sp³-hybridized carbons (Fsp3) is 0.500. The van der Waals surface area contributed by atoms with Gasteiger partial charge in [0.1, 0.15) is 10.7 Å². The van der Waals surface area contributed by atoms with E-state index in [0.717, 1.165) is 36.5 Å². The topological polar surface area (TPSA) is 87.9 Å². The SMILES string of the molecule is CCC1(C)CCN(c2nc(N)c(Sc3cccnc3C)c(=O)[nH]2)CC1. The van der Waals surface area contributed by atoms with Gasteiger partial charge in [-0.3, -0.25) is 14.8 Å². The normalized spacial score (nSPS) is 16.8. The van der Waals surface area contributed by atoms with Gasteiger partial charge < -0.3 is 10.6 Å². The molecule has 1 aliphatic heterocycles. The van der Waals surface area contributed by atoms with Crippen LogP contribution in [-0.2, 0) is 0 Å². The van der Waals surface area contributed by atoms with Crippen LogP contribution < -0.4 is 16.2 Å². The first-order valence-electron chi connectivity index (χ1n) is 8.66. The number of aromatic amines is 1. The molecule has 0 radical (unpaired) electrons. The van der Waals surface area contributed by atoms with Gasteiger partial charge in [0.05, 0.1) is 5.69 Å². The number of nitrogens with two attached hydrogens (primary N) is 1. The number of pyridine rings is 1. The molecule has 0 amide bonds. The van der Waals surface area contributed by atoms with Crippen molar-refractivity contribution in [2.75, 3.05) is 23.7 Å². The van der Waals surface area contributed by atoms with Crippen molar-refractivity contribution >= 4 is 23.5 Å². The second-order valence-electron chi connectivity index (χ2n) is 6.94. The smallest absolute Gasteiger partial charge is 0.268 e.